The van der Waals surface area contributed by atoms with Crippen LogP contribution in [0.1, 0.15) is 53.3 Å². The van der Waals surface area contributed by atoms with E-state index in [0.717, 1.165) is 79.5 Å². The predicted octanol–water partition coefficient (Wildman–Crippen LogP) is 6.45. The zero-order valence-electron chi connectivity index (χ0n) is 21.8. The van der Waals surface area contributed by atoms with E-state index in [4.69, 9.17) is 23.3 Å². The van der Waals surface area contributed by atoms with Gasteiger partial charge in [-0.1, -0.05) is 40.1 Å². The van der Waals surface area contributed by atoms with Crippen LogP contribution in [-0.4, -0.2) is 30.1 Å². The Kier molecular flexibility index (Phi) is 10.2. The van der Waals surface area contributed by atoms with Gasteiger partial charge in [-0.3, -0.25) is 0 Å². The third kappa shape index (κ3) is 9.42. The molecular formula is C30H36N2O5. The number of hydrogen-bond acceptors (Lipinski definition) is 7. The molecule has 2 heterocycles. The lowest BCUT2D eigenvalue weighted by atomic mass is 10.1. The molecule has 0 aliphatic heterocycles. The van der Waals surface area contributed by atoms with Crippen LogP contribution in [0.15, 0.2) is 69.7 Å². The molecule has 4 aromatic rings. The van der Waals surface area contributed by atoms with E-state index in [1.165, 1.54) is 11.1 Å². The van der Waals surface area contributed by atoms with Crippen molar-refractivity contribution in [2.24, 2.45) is 0 Å². The highest BCUT2D eigenvalue weighted by Gasteiger charge is 2.06. The van der Waals surface area contributed by atoms with Crippen molar-refractivity contribution in [3.8, 4) is 11.5 Å². The van der Waals surface area contributed by atoms with E-state index < -0.39 is 0 Å². The fraction of sp³-hybridized carbons (Fsp3) is 0.400. The zero-order valence-corrected chi connectivity index (χ0v) is 21.8. The lowest BCUT2D eigenvalue weighted by molar-refractivity contribution is 0.0852. The molecule has 0 aliphatic rings. The van der Waals surface area contributed by atoms with Crippen molar-refractivity contribution < 1.29 is 23.3 Å². The molecule has 37 heavy (non-hydrogen) atoms. The van der Waals surface area contributed by atoms with Gasteiger partial charge in [-0.15, -0.1) is 0 Å². The Labute approximate surface area is 218 Å². The second-order valence-electron chi connectivity index (χ2n) is 9.23. The monoisotopic (exact) mass is 504 g/mol. The van der Waals surface area contributed by atoms with Gasteiger partial charge in [-0.25, -0.2) is 0 Å². The van der Waals surface area contributed by atoms with Crippen molar-refractivity contribution in [2.45, 2.75) is 59.0 Å². The van der Waals surface area contributed by atoms with Crippen LogP contribution in [0.5, 0.6) is 11.5 Å². The molecule has 7 nitrogen and oxygen atoms in total. The minimum absolute atomic E-state index is 0.409. The molecule has 2 aromatic heterocycles. The van der Waals surface area contributed by atoms with E-state index in [1.807, 2.05) is 55.5 Å². The average Bonchev–Trinajstić information content (AvgIpc) is 3.55. The van der Waals surface area contributed by atoms with E-state index in [2.05, 4.69) is 29.4 Å². The van der Waals surface area contributed by atoms with Gasteiger partial charge in [0.1, 0.15) is 35.3 Å². The van der Waals surface area contributed by atoms with Crippen molar-refractivity contribution in [3.05, 3.63) is 94.7 Å². The Morgan fingerprint density at radius 3 is 2.14 bits per heavy atom. The predicted molar refractivity (Wildman–Crippen MR) is 141 cm³/mol. The number of unbranched alkanes of at least 4 members (excludes halogenated alkanes) is 2. The van der Waals surface area contributed by atoms with E-state index in [0.29, 0.717) is 19.8 Å². The summed E-state index contributed by atoms with van der Waals surface area (Å²) >= 11 is 0. The highest BCUT2D eigenvalue weighted by atomic mass is 16.5. The molecule has 0 fully saturated rings. The molecule has 0 unspecified atom stereocenters. The van der Waals surface area contributed by atoms with E-state index in [9.17, 15) is 0 Å². The molecule has 0 radical (unpaired) electrons. The van der Waals surface area contributed by atoms with E-state index in [1.54, 1.807) is 0 Å². The Morgan fingerprint density at radius 2 is 1.38 bits per heavy atom. The Bertz CT molecular complexity index is 1180. The first-order chi connectivity index (χ1) is 18.1. The number of aromatic nitrogens is 2. The molecule has 7 heteroatoms. The van der Waals surface area contributed by atoms with Gasteiger partial charge in [0.05, 0.1) is 25.5 Å². The average molecular weight is 505 g/mol. The number of nitrogens with zero attached hydrogens (tertiary/aromatic N) is 2. The van der Waals surface area contributed by atoms with Crippen molar-refractivity contribution in [1.82, 2.24) is 10.3 Å². The van der Waals surface area contributed by atoms with Gasteiger partial charge in [0, 0.05) is 18.6 Å². The fourth-order valence-corrected chi connectivity index (χ4v) is 3.90. The number of benzene rings is 2. The maximum absolute atomic E-state index is 5.88. The molecule has 0 N–H and O–H groups in total. The summed E-state index contributed by atoms with van der Waals surface area (Å²) in [5, 5.41) is 8.14. The van der Waals surface area contributed by atoms with E-state index >= 15 is 0 Å². The standard InChI is InChI=1S/C30H36N2O5/c1-23-7-12-28(13-8-23)35-19-18-33-22-27-21-30(37-32-27)16-11-25-9-14-29(15-10-25)34-17-5-3-4-6-26-20-24(2)36-31-26/h7-10,12-15,20-21H,3-6,11,16-19,22H2,1-2H3. The molecule has 0 spiro atoms. The first-order valence-corrected chi connectivity index (χ1v) is 13.0. The maximum atomic E-state index is 5.88. The van der Waals surface area contributed by atoms with Gasteiger partial charge in [0.2, 0.25) is 0 Å². The molecule has 0 saturated heterocycles. The number of rotatable bonds is 16. The Hall–Kier alpha value is -3.58. The maximum Gasteiger partial charge on any atom is 0.137 e. The Morgan fingerprint density at radius 1 is 0.649 bits per heavy atom. The third-order valence-electron chi connectivity index (χ3n) is 5.98. The molecule has 0 saturated carbocycles. The Balaban J connectivity index is 1.05. The summed E-state index contributed by atoms with van der Waals surface area (Å²) in [5.74, 6) is 3.48. The first kappa shape index (κ1) is 26.5. The topological polar surface area (TPSA) is 79.8 Å². The SMILES string of the molecule is Cc1ccc(OCCOCc2cc(CCc3ccc(OCCCCCc4cc(C)on4)cc3)on2)cc1. The third-order valence-corrected chi connectivity index (χ3v) is 5.98. The minimum atomic E-state index is 0.409. The molecule has 0 aliphatic carbocycles. The molecule has 0 atom stereocenters. The lowest BCUT2D eigenvalue weighted by Gasteiger charge is -2.07. The summed E-state index contributed by atoms with van der Waals surface area (Å²) in [6.07, 6.45) is 5.84. The summed E-state index contributed by atoms with van der Waals surface area (Å²) in [4.78, 5) is 0. The first-order valence-electron chi connectivity index (χ1n) is 13.0. The second-order valence-corrected chi connectivity index (χ2v) is 9.23. The minimum Gasteiger partial charge on any atom is -0.494 e. The quantitative estimate of drug-likeness (QED) is 0.162. The van der Waals surface area contributed by atoms with Gasteiger partial charge < -0.3 is 23.3 Å². The summed E-state index contributed by atoms with van der Waals surface area (Å²) in [6.45, 7) is 6.09. The van der Waals surface area contributed by atoms with Crippen LogP contribution in [0.3, 0.4) is 0 Å². The number of ether oxygens (including phenoxy) is 3. The molecule has 4 rings (SSSR count). The van der Waals surface area contributed by atoms with Crippen LogP contribution in [0, 0.1) is 13.8 Å². The fourth-order valence-electron chi connectivity index (χ4n) is 3.90. The van der Waals surface area contributed by atoms with Crippen molar-refractivity contribution >= 4 is 0 Å². The summed E-state index contributed by atoms with van der Waals surface area (Å²) in [7, 11) is 0. The number of aryl methyl sites for hydroxylation is 5. The molecular weight excluding hydrogens is 468 g/mol. The summed E-state index contributed by atoms with van der Waals surface area (Å²) in [5.41, 5.74) is 4.27. The van der Waals surface area contributed by atoms with Gasteiger partial charge >= 0.3 is 0 Å². The summed E-state index contributed by atoms with van der Waals surface area (Å²) < 4.78 is 27.8. The van der Waals surface area contributed by atoms with Crippen LogP contribution in [0.2, 0.25) is 0 Å². The van der Waals surface area contributed by atoms with Crippen LogP contribution in [0.4, 0.5) is 0 Å². The summed E-state index contributed by atoms with van der Waals surface area (Å²) in [6, 6.07) is 20.2. The normalized spacial score (nSPS) is 11.1. The molecule has 2 aromatic carbocycles. The van der Waals surface area contributed by atoms with Crippen LogP contribution >= 0.6 is 0 Å². The highest BCUT2D eigenvalue weighted by molar-refractivity contribution is 5.28. The van der Waals surface area contributed by atoms with Crippen LogP contribution in [0.25, 0.3) is 0 Å². The lowest BCUT2D eigenvalue weighted by Crippen LogP contribution is -2.06. The number of hydrogen-bond donors (Lipinski definition) is 0. The van der Waals surface area contributed by atoms with Gasteiger partial charge in [-0.2, -0.15) is 0 Å². The van der Waals surface area contributed by atoms with Crippen molar-refractivity contribution in [2.75, 3.05) is 19.8 Å². The molecule has 0 amide bonds. The van der Waals surface area contributed by atoms with Gasteiger partial charge in [-0.05, 0) is 75.8 Å². The van der Waals surface area contributed by atoms with Gasteiger partial charge in [0.25, 0.3) is 0 Å². The molecule has 196 valence electrons. The van der Waals surface area contributed by atoms with Crippen LogP contribution in [-0.2, 0) is 30.6 Å². The largest absolute Gasteiger partial charge is 0.494 e. The molecule has 0 bridgehead atoms. The van der Waals surface area contributed by atoms with E-state index in [-0.39, 0.29) is 0 Å². The smallest absolute Gasteiger partial charge is 0.137 e. The van der Waals surface area contributed by atoms with Crippen molar-refractivity contribution in [3.63, 3.8) is 0 Å². The van der Waals surface area contributed by atoms with Gasteiger partial charge in [0.15, 0.2) is 0 Å². The second kappa shape index (κ2) is 14.2. The zero-order chi connectivity index (χ0) is 25.7. The van der Waals surface area contributed by atoms with Crippen LogP contribution < -0.4 is 9.47 Å². The van der Waals surface area contributed by atoms with Crippen molar-refractivity contribution in [1.29, 1.82) is 0 Å². The highest BCUT2D eigenvalue weighted by Crippen LogP contribution is 2.16.